The minimum atomic E-state index is -1.32. The molecule has 2 aromatic carbocycles. The number of rotatable bonds is 12. The van der Waals surface area contributed by atoms with Crippen molar-refractivity contribution < 1.29 is 47.8 Å². The molecule has 7 aromatic rings. The molecule has 5 aromatic heterocycles. The fraction of sp³-hybridized carbons (Fsp3) is 0.333. The Hall–Kier alpha value is -5.86. The zero-order valence-electron chi connectivity index (χ0n) is 35.0. The SMILES string of the molecule is CCCCC(CC)Cn1c2ccccc2c2cc(-c3sc(-c4sc(-c5sc(-c6sc(/C=C(\C#N)C(=O)O)c7c6OCCO7)c6c5OCCO6)c5c4OCCO5)c4c3OCCO4)ccc21. The second-order valence-corrected chi connectivity index (χ2v) is 19.9. The fourth-order valence-electron chi connectivity index (χ4n) is 8.85. The van der Waals surface area contributed by atoms with Crippen LogP contribution in [0.1, 0.15) is 44.4 Å². The Morgan fingerprint density at radius 2 is 1.12 bits per heavy atom. The van der Waals surface area contributed by atoms with Crippen molar-refractivity contribution in [2.24, 2.45) is 5.92 Å². The van der Waals surface area contributed by atoms with E-state index in [1.54, 1.807) is 28.7 Å². The Balaban J connectivity index is 1.03. The molecule has 0 saturated carbocycles. The van der Waals surface area contributed by atoms with Gasteiger partial charge in [0.1, 0.15) is 64.5 Å². The number of para-hydroxylation sites is 1. The van der Waals surface area contributed by atoms with Gasteiger partial charge < -0.3 is 47.6 Å². The number of carbonyl (C=O) groups is 1. The normalized spacial score (nSPS) is 15.7. The largest absolute Gasteiger partial charge is 0.485 e. The molecule has 0 aliphatic carbocycles. The third kappa shape index (κ3) is 6.83. The number of thiophene rings is 4. The lowest BCUT2D eigenvalue weighted by molar-refractivity contribution is -0.132. The number of carboxylic acid groups (broad SMARTS) is 1. The molecule has 11 rings (SSSR count). The van der Waals surface area contributed by atoms with Gasteiger partial charge >= 0.3 is 5.97 Å². The summed E-state index contributed by atoms with van der Waals surface area (Å²) in [6.45, 7) is 8.46. The molecule has 1 atom stereocenters. The number of ether oxygens (including phenoxy) is 8. The van der Waals surface area contributed by atoms with Crippen LogP contribution in [0.15, 0.2) is 48.0 Å². The number of nitrogens with zero attached hydrogens (tertiary/aromatic N) is 2. The lowest BCUT2D eigenvalue weighted by atomic mass is 9.99. The van der Waals surface area contributed by atoms with Crippen LogP contribution in [0.4, 0.5) is 0 Å². The Morgan fingerprint density at radius 1 is 0.656 bits per heavy atom. The van der Waals surface area contributed by atoms with Gasteiger partial charge in [0.2, 0.25) is 0 Å². The molecule has 0 amide bonds. The van der Waals surface area contributed by atoms with Crippen LogP contribution in [0, 0.1) is 17.2 Å². The van der Waals surface area contributed by atoms with E-state index in [0.29, 0.717) is 102 Å². The predicted molar refractivity (Wildman–Crippen MR) is 251 cm³/mol. The quantitative estimate of drug-likeness (QED) is 0.0925. The van der Waals surface area contributed by atoms with Crippen molar-refractivity contribution in [1.82, 2.24) is 4.57 Å². The first-order valence-corrected chi connectivity index (χ1v) is 24.8. The van der Waals surface area contributed by atoms with Crippen molar-refractivity contribution in [2.45, 2.75) is 46.1 Å². The fourth-order valence-corrected chi connectivity index (χ4v) is 13.9. The van der Waals surface area contributed by atoms with E-state index in [9.17, 15) is 15.2 Å². The van der Waals surface area contributed by atoms with Crippen molar-refractivity contribution in [3.8, 4) is 91.8 Å². The Kier molecular flexibility index (Phi) is 10.8. The van der Waals surface area contributed by atoms with Crippen LogP contribution in [0.25, 0.3) is 67.6 Å². The summed E-state index contributed by atoms with van der Waals surface area (Å²) < 4.78 is 53.3. The molecule has 4 aliphatic rings. The topological polar surface area (TPSA) is 140 Å². The molecule has 9 heterocycles. The Bertz CT molecular complexity index is 3050. The summed E-state index contributed by atoms with van der Waals surface area (Å²) in [6, 6.07) is 17.3. The smallest absolute Gasteiger partial charge is 0.346 e. The van der Waals surface area contributed by atoms with Crippen molar-refractivity contribution in [3.05, 3.63) is 52.9 Å². The summed E-state index contributed by atoms with van der Waals surface area (Å²) in [5.74, 6) is 3.95. The molecule has 64 heavy (non-hydrogen) atoms. The molecule has 0 fully saturated rings. The second kappa shape index (κ2) is 16.9. The summed E-state index contributed by atoms with van der Waals surface area (Å²) in [5.41, 5.74) is 3.14. The van der Waals surface area contributed by atoms with E-state index >= 15 is 0 Å². The predicted octanol–water partition coefficient (Wildman–Crippen LogP) is 12.0. The molecular formula is C48H42N2O10S4. The molecule has 16 heteroatoms. The maximum Gasteiger partial charge on any atom is 0.346 e. The summed E-state index contributed by atoms with van der Waals surface area (Å²) in [5, 5.41) is 21.7. The molecule has 0 saturated heterocycles. The van der Waals surface area contributed by atoms with E-state index in [0.717, 1.165) is 53.5 Å². The zero-order chi connectivity index (χ0) is 43.5. The first-order chi connectivity index (χ1) is 31.4. The molecule has 12 nitrogen and oxygen atoms in total. The van der Waals surface area contributed by atoms with E-state index in [1.165, 1.54) is 69.8 Å². The van der Waals surface area contributed by atoms with Gasteiger partial charge in [0.25, 0.3) is 0 Å². The summed E-state index contributed by atoms with van der Waals surface area (Å²) in [7, 11) is 0. The number of aromatic nitrogens is 1. The second-order valence-electron chi connectivity index (χ2n) is 15.7. The lowest BCUT2D eigenvalue weighted by Gasteiger charge is -2.19. The number of benzene rings is 2. The minimum Gasteiger partial charge on any atom is -0.485 e. The van der Waals surface area contributed by atoms with Crippen LogP contribution in [0.2, 0.25) is 0 Å². The molecule has 0 radical (unpaired) electrons. The van der Waals surface area contributed by atoms with E-state index in [1.807, 2.05) is 0 Å². The van der Waals surface area contributed by atoms with E-state index < -0.39 is 11.5 Å². The number of hydrogen-bond donors (Lipinski definition) is 1. The van der Waals surface area contributed by atoms with Gasteiger partial charge in [-0.3, -0.25) is 0 Å². The minimum absolute atomic E-state index is 0.286. The van der Waals surface area contributed by atoms with Gasteiger partial charge in [0.05, 0.1) is 39.0 Å². The zero-order valence-corrected chi connectivity index (χ0v) is 38.3. The van der Waals surface area contributed by atoms with Crippen molar-refractivity contribution >= 4 is 79.2 Å². The van der Waals surface area contributed by atoms with Gasteiger partial charge in [-0.05, 0) is 42.2 Å². The van der Waals surface area contributed by atoms with Crippen molar-refractivity contribution in [1.29, 1.82) is 5.26 Å². The highest BCUT2D eigenvalue weighted by atomic mass is 32.1. The maximum absolute atomic E-state index is 11.8. The van der Waals surface area contributed by atoms with Gasteiger partial charge in [-0.15, -0.1) is 45.3 Å². The molecular weight excluding hydrogens is 893 g/mol. The van der Waals surface area contributed by atoms with E-state index in [4.69, 9.17) is 37.9 Å². The summed E-state index contributed by atoms with van der Waals surface area (Å²) in [6.07, 6.45) is 6.13. The van der Waals surface area contributed by atoms with Crippen molar-refractivity contribution in [3.63, 3.8) is 0 Å². The van der Waals surface area contributed by atoms with Crippen LogP contribution < -0.4 is 37.9 Å². The van der Waals surface area contributed by atoms with Crippen molar-refractivity contribution in [2.75, 3.05) is 52.9 Å². The maximum atomic E-state index is 11.8. The average Bonchev–Trinajstić information content (AvgIpc) is 4.15. The molecule has 1 N–H and O–H groups in total. The summed E-state index contributed by atoms with van der Waals surface area (Å²) >= 11 is 5.92. The number of hydrogen-bond acceptors (Lipinski definition) is 14. The highest BCUT2D eigenvalue weighted by molar-refractivity contribution is 7.30. The van der Waals surface area contributed by atoms with Crippen LogP contribution in [0.3, 0.4) is 0 Å². The monoisotopic (exact) mass is 934 g/mol. The first kappa shape index (κ1) is 40.9. The molecule has 4 aliphatic heterocycles. The molecule has 0 spiro atoms. The van der Waals surface area contributed by atoms with Crippen LogP contribution in [0.5, 0.6) is 46.0 Å². The van der Waals surface area contributed by atoms with Crippen LogP contribution in [-0.4, -0.2) is 68.5 Å². The van der Waals surface area contributed by atoms with Gasteiger partial charge in [-0.25, -0.2) is 4.79 Å². The third-order valence-electron chi connectivity index (χ3n) is 11.9. The number of aliphatic carboxylic acids is 1. The third-order valence-corrected chi connectivity index (χ3v) is 17.0. The average molecular weight is 935 g/mol. The number of unbranched alkanes of at least 4 members (excludes halogenated alkanes) is 1. The number of nitriles is 1. The highest BCUT2D eigenvalue weighted by Crippen LogP contribution is 2.66. The lowest BCUT2D eigenvalue weighted by Crippen LogP contribution is -2.16. The standard InChI is InChI=1S/C48H42N2O10S4/c1-3-5-8-25(4-2)24-50-30-10-7-6-9-28(30)29-21-26(11-12-31(29)50)41-35-36(56-16-15-55-35)44(62-41)45-39-40(60-20-19-59-39)47(64-45)46-38-37(57-17-18-58-38)43(63-46)42-34-33(53-13-14-54-34)32(61-42)22-27(23-49)48(51)52/h6-7,9-12,21-22,25H,3-5,8,13-20,24H2,1-2H3,(H,51,52)/b27-22+. The highest BCUT2D eigenvalue weighted by Gasteiger charge is 2.38. The Labute approximate surface area is 384 Å². The molecule has 1 unspecified atom stereocenters. The number of carboxylic acids is 1. The number of fused-ring (bicyclic) bond motifs is 7. The van der Waals surface area contributed by atoms with E-state index in [2.05, 4.69) is 60.9 Å². The van der Waals surface area contributed by atoms with Crippen LogP contribution in [-0.2, 0) is 11.3 Å². The molecule has 0 bridgehead atoms. The summed E-state index contributed by atoms with van der Waals surface area (Å²) in [4.78, 5) is 18.1. The van der Waals surface area contributed by atoms with E-state index in [-0.39, 0.29) is 6.61 Å². The van der Waals surface area contributed by atoms with Gasteiger partial charge in [0, 0.05) is 28.4 Å². The first-order valence-electron chi connectivity index (χ1n) is 21.5. The van der Waals surface area contributed by atoms with Crippen LogP contribution >= 0.6 is 45.3 Å². The van der Waals surface area contributed by atoms with Gasteiger partial charge in [0.15, 0.2) is 46.0 Å². The Morgan fingerprint density at radius 3 is 1.64 bits per heavy atom. The molecule has 328 valence electrons. The van der Waals surface area contributed by atoms with Gasteiger partial charge in [-0.2, -0.15) is 5.26 Å². The van der Waals surface area contributed by atoms with Gasteiger partial charge in [-0.1, -0.05) is 57.4 Å².